The largest absolute Gasteiger partial charge is 0.456 e. The summed E-state index contributed by atoms with van der Waals surface area (Å²) in [4.78, 5) is 24.6. The summed E-state index contributed by atoms with van der Waals surface area (Å²) in [5.41, 5.74) is 3.12. The molecule has 0 aliphatic carbocycles. The lowest BCUT2D eigenvalue weighted by Crippen LogP contribution is -2.42. The van der Waals surface area contributed by atoms with Gasteiger partial charge in [0.25, 0.3) is 0 Å². The molecule has 118 valence electrons. The molecular weight excluding hydrogens is 367 g/mol. The zero-order chi connectivity index (χ0) is 16.1. The van der Waals surface area contributed by atoms with Crippen molar-refractivity contribution in [1.29, 1.82) is 0 Å². The minimum atomic E-state index is -0.525. The van der Waals surface area contributed by atoms with Crippen LogP contribution >= 0.6 is 15.9 Å². The zero-order valence-electron chi connectivity index (χ0n) is 11.9. The number of hydrogen-bond acceptors (Lipinski definition) is 5. The average Bonchev–Trinajstić information content (AvgIpc) is 2.90. The lowest BCUT2D eigenvalue weighted by Gasteiger charge is -2.32. The van der Waals surface area contributed by atoms with E-state index in [2.05, 4.69) is 26.6 Å². The van der Waals surface area contributed by atoms with Crippen LogP contribution in [0.2, 0.25) is 0 Å². The van der Waals surface area contributed by atoms with E-state index in [0.29, 0.717) is 33.4 Å². The Balaban J connectivity index is 1.91. The normalized spacial score (nSPS) is 23.5. The molecule has 0 saturated heterocycles. The van der Waals surface area contributed by atoms with Crippen LogP contribution in [0.15, 0.2) is 45.2 Å². The molecule has 0 bridgehead atoms. The maximum Gasteiger partial charge on any atom is 0.337 e. The van der Waals surface area contributed by atoms with Crippen molar-refractivity contribution >= 4 is 27.7 Å². The Bertz CT molecular complexity index is 816. The van der Waals surface area contributed by atoms with Gasteiger partial charge in [0.15, 0.2) is 5.78 Å². The van der Waals surface area contributed by atoms with Crippen molar-refractivity contribution in [3.63, 3.8) is 0 Å². The van der Waals surface area contributed by atoms with Crippen molar-refractivity contribution in [2.24, 2.45) is 0 Å². The quantitative estimate of drug-likeness (QED) is 0.725. The molecule has 1 aromatic rings. The van der Waals surface area contributed by atoms with Crippen LogP contribution in [-0.4, -0.2) is 31.4 Å². The number of Topliss-reactive ketones (excluding diaryl/α,β-unsaturated/α-hetero) is 1. The first-order valence-corrected chi connectivity index (χ1v) is 7.94. The molecule has 2 N–H and O–H groups in total. The number of cyclic esters (lactones) is 1. The Kier molecular flexibility index (Phi) is 3.35. The molecule has 1 aromatic carbocycles. The Morgan fingerprint density at radius 3 is 2.78 bits per heavy atom. The molecule has 3 aliphatic heterocycles. The van der Waals surface area contributed by atoms with E-state index in [4.69, 9.17) is 4.74 Å². The van der Waals surface area contributed by atoms with Crippen LogP contribution in [0.1, 0.15) is 11.5 Å². The van der Waals surface area contributed by atoms with Crippen molar-refractivity contribution in [3.8, 4) is 0 Å². The Labute approximate surface area is 139 Å². The minimum absolute atomic E-state index is 0.0737. The van der Waals surface area contributed by atoms with Gasteiger partial charge >= 0.3 is 5.97 Å². The number of carbonyl (C=O) groups excluding carboxylic acids is 2. The topological polar surface area (TPSA) is 67.4 Å². The number of benzene rings is 1. The number of carbonyl (C=O) groups is 2. The van der Waals surface area contributed by atoms with Gasteiger partial charge in [0.05, 0.1) is 22.3 Å². The molecule has 0 saturated carbocycles. The maximum atomic E-state index is 13.6. The van der Waals surface area contributed by atoms with E-state index in [1.54, 1.807) is 12.1 Å². The van der Waals surface area contributed by atoms with Gasteiger partial charge in [-0.3, -0.25) is 4.79 Å². The van der Waals surface area contributed by atoms with Crippen LogP contribution in [0, 0.1) is 5.82 Å². The zero-order valence-corrected chi connectivity index (χ0v) is 13.5. The highest BCUT2D eigenvalue weighted by molar-refractivity contribution is 9.10. The second kappa shape index (κ2) is 5.28. The number of ketones is 1. The fourth-order valence-corrected chi connectivity index (χ4v) is 3.67. The lowest BCUT2D eigenvalue weighted by atomic mass is 9.78. The summed E-state index contributed by atoms with van der Waals surface area (Å²) < 4.78 is 19.0. The van der Waals surface area contributed by atoms with Crippen molar-refractivity contribution in [1.82, 2.24) is 10.6 Å². The second-order valence-corrected chi connectivity index (χ2v) is 6.47. The summed E-state index contributed by atoms with van der Waals surface area (Å²) in [6, 6.07) is 4.54. The van der Waals surface area contributed by atoms with E-state index in [9.17, 15) is 14.0 Å². The first kappa shape index (κ1) is 14.6. The Morgan fingerprint density at radius 1 is 1.17 bits per heavy atom. The van der Waals surface area contributed by atoms with Gasteiger partial charge in [-0.05, 0) is 33.6 Å². The van der Waals surface area contributed by atoms with Crippen LogP contribution < -0.4 is 10.6 Å². The molecule has 4 rings (SSSR count). The monoisotopic (exact) mass is 378 g/mol. The molecule has 5 nitrogen and oxygen atoms in total. The van der Waals surface area contributed by atoms with Gasteiger partial charge < -0.3 is 15.4 Å². The average molecular weight is 379 g/mol. The van der Waals surface area contributed by atoms with E-state index in [1.807, 2.05) is 0 Å². The molecule has 0 fully saturated rings. The van der Waals surface area contributed by atoms with Gasteiger partial charge in [0, 0.05) is 23.7 Å². The number of dihydropyridines is 1. The van der Waals surface area contributed by atoms with Crippen LogP contribution in [-0.2, 0) is 14.3 Å². The summed E-state index contributed by atoms with van der Waals surface area (Å²) in [5, 5.41) is 6.18. The lowest BCUT2D eigenvalue weighted by molar-refractivity contribution is -0.136. The molecule has 0 radical (unpaired) electrons. The molecule has 23 heavy (non-hydrogen) atoms. The predicted octanol–water partition coefficient (Wildman–Crippen LogP) is 1.51. The molecule has 0 unspecified atom stereocenters. The summed E-state index contributed by atoms with van der Waals surface area (Å²) in [6.07, 6.45) is 0. The predicted molar refractivity (Wildman–Crippen MR) is 82.9 cm³/mol. The number of ether oxygens (including phenoxy) is 1. The summed E-state index contributed by atoms with van der Waals surface area (Å²) in [7, 11) is 0. The van der Waals surface area contributed by atoms with E-state index in [1.165, 1.54) is 6.07 Å². The molecule has 0 aromatic heterocycles. The Hall–Kier alpha value is -1.99. The van der Waals surface area contributed by atoms with E-state index < -0.39 is 17.7 Å². The number of nitrogens with one attached hydrogen (secondary N) is 2. The van der Waals surface area contributed by atoms with Gasteiger partial charge in [0.1, 0.15) is 12.4 Å². The summed E-state index contributed by atoms with van der Waals surface area (Å²) in [6.45, 7) is 0.903. The number of halogens is 2. The molecule has 3 aliphatic rings. The highest BCUT2D eigenvalue weighted by Crippen LogP contribution is 2.42. The van der Waals surface area contributed by atoms with Crippen molar-refractivity contribution in [2.45, 2.75) is 5.92 Å². The highest BCUT2D eigenvalue weighted by Gasteiger charge is 2.42. The number of hydrogen-bond donors (Lipinski definition) is 2. The smallest absolute Gasteiger partial charge is 0.337 e. The standard InChI is InChI=1S/C16H12BrFN2O3/c17-8-3-7(1-2-9(8)18)13-14-10(4-19-5-12(14)21)20-11-6-23-16(22)15(11)13/h1-3,13,19-20H,4-6H2/t13-/m0/s1. The van der Waals surface area contributed by atoms with Gasteiger partial charge in [-0.15, -0.1) is 0 Å². The molecule has 7 heteroatoms. The molecule has 0 amide bonds. The van der Waals surface area contributed by atoms with Crippen LogP contribution in [0.3, 0.4) is 0 Å². The first-order chi connectivity index (χ1) is 11.1. The first-order valence-electron chi connectivity index (χ1n) is 7.15. The third-order valence-corrected chi connectivity index (χ3v) is 4.87. The van der Waals surface area contributed by atoms with Gasteiger partial charge in [-0.1, -0.05) is 6.07 Å². The number of rotatable bonds is 1. The van der Waals surface area contributed by atoms with Crippen molar-refractivity contribution in [3.05, 3.63) is 56.6 Å². The van der Waals surface area contributed by atoms with E-state index >= 15 is 0 Å². The van der Waals surface area contributed by atoms with Gasteiger partial charge in [-0.2, -0.15) is 0 Å². The van der Waals surface area contributed by atoms with Crippen LogP contribution in [0.25, 0.3) is 0 Å². The molecular formula is C16H12BrFN2O3. The fraction of sp³-hybridized carbons (Fsp3) is 0.250. The second-order valence-electron chi connectivity index (χ2n) is 5.62. The Morgan fingerprint density at radius 2 is 2.00 bits per heavy atom. The van der Waals surface area contributed by atoms with Gasteiger partial charge in [-0.25, -0.2) is 9.18 Å². The van der Waals surface area contributed by atoms with Crippen molar-refractivity contribution < 1.29 is 18.7 Å². The molecule has 1 atom stereocenters. The van der Waals surface area contributed by atoms with E-state index in [-0.39, 0.29) is 18.9 Å². The van der Waals surface area contributed by atoms with E-state index in [0.717, 1.165) is 5.70 Å². The third-order valence-electron chi connectivity index (χ3n) is 4.26. The minimum Gasteiger partial charge on any atom is -0.456 e. The molecule has 0 spiro atoms. The van der Waals surface area contributed by atoms with Crippen LogP contribution in [0.4, 0.5) is 4.39 Å². The van der Waals surface area contributed by atoms with Crippen LogP contribution in [0.5, 0.6) is 0 Å². The SMILES string of the molecule is O=C1CNCC2=C1[C@H](c1ccc(F)c(Br)c1)C1=C(COC1=O)N2. The van der Waals surface area contributed by atoms with Gasteiger partial charge in [0.2, 0.25) is 0 Å². The van der Waals surface area contributed by atoms with Crippen molar-refractivity contribution in [2.75, 3.05) is 19.7 Å². The highest BCUT2D eigenvalue weighted by atomic mass is 79.9. The number of esters is 1. The summed E-state index contributed by atoms with van der Waals surface area (Å²) in [5.74, 6) is -1.43. The molecule has 3 heterocycles. The third kappa shape index (κ3) is 2.22. The fourth-order valence-electron chi connectivity index (χ4n) is 3.27. The maximum absolute atomic E-state index is 13.6. The summed E-state index contributed by atoms with van der Waals surface area (Å²) >= 11 is 3.17.